The minimum absolute atomic E-state index is 0.157. The summed E-state index contributed by atoms with van der Waals surface area (Å²) in [4.78, 5) is 11.2. The van der Waals surface area contributed by atoms with E-state index >= 15 is 0 Å². The number of carboxylic acids is 1. The van der Waals surface area contributed by atoms with Crippen LogP contribution >= 0.6 is 34.8 Å². The molecule has 2 aromatic rings. The average molecular weight is 389 g/mol. The van der Waals surface area contributed by atoms with Gasteiger partial charge in [-0.25, -0.2) is 4.79 Å². The smallest absolute Gasteiger partial charge is 0.337 e. The van der Waals surface area contributed by atoms with Crippen molar-refractivity contribution in [2.75, 3.05) is 18.5 Å². The van der Waals surface area contributed by atoms with E-state index in [-0.39, 0.29) is 5.56 Å². The van der Waals surface area contributed by atoms with Gasteiger partial charge >= 0.3 is 5.97 Å². The van der Waals surface area contributed by atoms with Crippen LogP contribution in [0.4, 0.5) is 5.69 Å². The van der Waals surface area contributed by atoms with Gasteiger partial charge in [-0.3, -0.25) is 0 Å². The van der Waals surface area contributed by atoms with Gasteiger partial charge in [0.15, 0.2) is 0 Å². The maximum absolute atomic E-state index is 11.2. The maximum atomic E-state index is 11.2. The quantitative estimate of drug-likeness (QED) is 0.577. The van der Waals surface area contributed by atoms with Crippen molar-refractivity contribution in [3.63, 3.8) is 0 Å². The first kappa shape index (κ1) is 18.7. The lowest BCUT2D eigenvalue weighted by Crippen LogP contribution is -2.09. The fourth-order valence-electron chi connectivity index (χ4n) is 2.08. The van der Waals surface area contributed by atoms with Gasteiger partial charge < -0.3 is 15.2 Å². The van der Waals surface area contributed by atoms with Crippen LogP contribution in [0.15, 0.2) is 36.4 Å². The number of ether oxygens (including phenoxy) is 1. The van der Waals surface area contributed by atoms with E-state index < -0.39 is 5.97 Å². The first-order valence-electron chi connectivity index (χ1n) is 7.32. The summed E-state index contributed by atoms with van der Waals surface area (Å²) in [6.07, 6.45) is 1.59. The van der Waals surface area contributed by atoms with Gasteiger partial charge in [0.1, 0.15) is 10.8 Å². The van der Waals surface area contributed by atoms with Gasteiger partial charge in [-0.1, -0.05) is 40.9 Å². The van der Waals surface area contributed by atoms with Crippen LogP contribution in [-0.2, 0) is 0 Å². The average Bonchev–Trinajstić information content (AvgIpc) is 2.55. The maximum Gasteiger partial charge on any atom is 0.337 e. The predicted molar refractivity (Wildman–Crippen MR) is 98.1 cm³/mol. The molecule has 7 heteroatoms. The van der Waals surface area contributed by atoms with E-state index in [1.54, 1.807) is 30.3 Å². The van der Waals surface area contributed by atoms with Crippen LogP contribution in [0.2, 0.25) is 15.1 Å². The van der Waals surface area contributed by atoms with Crippen molar-refractivity contribution in [3.8, 4) is 5.75 Å². The Bertz CT molecular complexity index is 722. The van der Waals surface area contributed by atoms with E-state index in [2.05, 4.69) is 5.32 Å². The van der Waals surface area contributed by atoms with Crippen molar-refractivity contribution >= 4 is 46.5 Å². The summed E-state index contributed by atoms with van der Waals surface area (Å²) in [6, 6.07) is 9.98. The Hall–Kier alpha value is -1.62. The van der Waals surface area contributed by atoms with Gasteiger partial charge in [-0.05, 0) is 43.2 Å². The molecule has 0 aliphatic rings. The van der Waals surface area contributed by atoms with Crippen LogP contribution in [0.25, 0.3) is 0 Å². The lowest BCUT2D eigenvalue weighted by Gasteiger charge is -2.11. The first-order chi connectivity index (χ1) is 11.5. The summed E-state index contributed by atoms with van der Waals surface area (Å²) < 4.78 is 5.59. The lowest BCUT2D eigenvalue weighted by molar-refractivity contribution is 0.0698. The highest BCUT2D eigenvalue weighted by Gasteiger charge is 2.10. The van der Waals surface area contributed by atoms with Gasteiger partial charge in [-0.15, -0.1) is 0 Å². The highest BCUT2D eigenvalue weighted by atomic mass is 35.5. The monoisotopic (exact) mass is 387 g/mol. The fourth-order valence-corrected chi connectivity index (χ4v) is 2.59. The molecule has 2 N–H and O–H groups in total. The second-order valence-electron chi connectivity index (χ2n) is 5.03. The number of carboxylic acid groups (broad SMARTS) is 1. The molecule has 0 aliphatic heterocycles. The second kappa shape index (κ2) is 9.02. The second-order valence-corrected chi connectivity index (χ2v) is 6.25. The molecular weight excluding hydrogens is 373 g/mol. The lowest BCUT2D eigenvalue weighted by atomic mass is 10.1. The van der Waals surface area contributed by atoms with Crippen LogP contribution in [0, 0.1) is 0 Å². The van der Waals surface area contributed by atoms with E-state index in [1.807, 2.05) is 0 Å². The Morgan fingerprint density at radius 2 is 1.92 bits per heavy atom. The molecule has 0 spiro atoms. The molecule has 128 valence electrons. The minimum Gasteiger partial charge on any atom is -0.492 e. The van der Waals surface area contributed by atoms with Gasteiger partial charge in [0, 0.05) is 17.3 Å². The summed E-state index contributed by atoms with van der Waals surface area (Å²) in [5, 5.41) is 13.5. The first-order valence-corrected chi connectivity index (χ1v) is 8.46. The molecule has 24 heavy (non-hydrogen) atoms. The molecule has 2 aromatic carbocycles. The molecule has 2 rings (SSSR count). The Labute approximate surface area is 155 Å². The van der Waals surface area contributed by atoms with Gasteiger partial charge in [0.2, 0.25) is 0 Å². The van der Waals surface area contributed by atoms with E-state index in [0.717, 1.165) is 12.8 Å². The topological polar surface area (TPSA) is 58.6 Å². The SMILES string of the molecule is O=C(O)c1cc(Cl)ccc1NCCCCOc1cccc(Cl)c1Cl. The molecule has 4 nitrogen and oxygen atoms in total. The number of nitrogens with one attached hydrogen (secondary N) is 1. The molecule has 0 atom stereocenters. The third-order valence-electron chi connectivity index (χ3n) is 3.27. The Morgan fingerprint density at radius 1 is 1.12 bits per heavy atom. The van der Waals surface area contributed by atoms with Crippen molar-refractivity contribution in [2.24, 2.45) is 0 Å². The summed E-state index contributed by atoms with van der Waals surface area (Å²) in [6.45, 7) is 1.11. The van der Waals surface area contributed by atoms with Crippen LogP contribution in [0.5, 0.6) is 5.75 Å². The zero-order chi connectivity index (χ0) is 17.5. The number of aromatic carboxylic acids is 1. The Morgan fingerprint density at radius 3 is 2.67 bits per heavy atom. The zero-order valence-electron chi connectivity index (χ0n) is 12.7. The van der Waals surface area contributed by atoms with Crippen LogP contribution < -0.4 is 10.1 Å². The van der Waals surface area contributed by atoms with E-state index in [0.29, 0.717) is 39.7 Å². The van der Waals surface area contributed by atoms with Crippen molar-refractivity contribution in [1.82, 2.24) is 0 Å². The van der Waals surface area contributed by atoms with Crippen molar-refractivity contribution < 1.29 is 14.6 Å². The highest BCUT2D eigenvalue weighted by molar-refractivity contribution is 6.42. The third kappa shape index (κ3) is 5.20. The molecule has 0 saturated heterocycles. The number of hydrogen-bond acceptors (Lipinski definition) is 3. The van der Waals surface area contributed by atoms with Gasteiger partial charge in [0.25, 0.3) is 0 Å². The molecular formula is C17H16Cl3NO3. The number of halogens is 3. The van der Waals surface area contributed by atoms with Gasteiger partial charge in [-0.2, -0.15) is 0 Å². The molecule has 0 aliphatic carbocycles. The molecule has 0 bridgehead atoms. The summed E-state index contributed by atoms with van der Waals surface area (Å²) in [5.41, 5.74) is 0.704. The summed E-state index contributed by atoms with van der Waals surface area (Å²) in [5.74, 6) is -0.457. The number of carbonyl (C=O) groups is 1. The number of unbranched alkanes of at least 4 members (excludes halogenated alkanes) is 1. The highest BCUT2D eigenvalue weighted by Crippen LogP contribution is 2.31. The van der Waals surface area contributed by atoms with Crippen molar-refractivity contribution in [3.05, 3.63) is 57.0 Å². The molecule has 0 aromatic heterocycles. The molecule has 0 saturated carbocycles. The van der Waals surface area contributed by atoms with E-state index in [4.69, 9.17) is 44.6 Å². The molecule has 0 heterocycles. The summed E-state index contributed by atoms with van der Waals surface area (Å²) in [7, 11) is 0. The third-order valence-corrected chi connectivity index (χ3v) is 4.31. The van der Waals surface area contributed by atoms with Crippen LogP contribution in [0.3, 0.4) is 0 Å². The van der Waals surface area contributed by atoms with Crippen molar-refractivity contribution in [2.45, 2.75) is 12.8 Å². The zero-order valence-corrected chi connectivity index (χ0v) is 15.0. The number of hydrogen-bond donors (Lipinski definition) is 2. The number of rotatable bonds is 8. The normalized spacial score (nSPS) is 10.5. The van der Waals surface area contributed by atoms with Crippen LogP contribution in [0.1, 0.15) is 23.2 Å². The molecule has 0 fully saturated rings. The summed E-state index contributed by atoms with van der Waals surface area (Å²) >= 11 is 17.8. The molecule has 0 radical (unpaired) electrons. The molecule has 0 amide bonds. The Balaban J connectivity index is 1.76. The Kier molecular flexibility index (Phi) is 7.03. The fraction of sp³-hybridized carbons (Fsp3) is 0.235. The van der Waals surface area contributed by atoms with Crippen molar-refractivity contribution in [1.29, 1.82) is 0 Å². The molecule has 0 unspecified atom stereocenters. The number of anilines is 1. The van der Waals surface area contributed by atoms with Gasteiger partial charge in [0.05, 0.1) is 17.2 Å². The largest absolute Gasteiger partial charge is 0.492 e. The van der Waals surface area contributed by atoms with E-state index in [9.17, 15) is 4.79 Å². The standard InChI is InChI=1S/C17H16Cl3NO3/c18-11-6-7-14(12(10-11)17(22)23)21-8-1-2-9-24-15-5-3-4-13(19)16(15)20/h3-7,10,21H,1-2,8-9H2,(H,22,23). The predicted octanol–water partition coefficient (Wildman–Crippen LogP) is 5.62. The van der Waals surface area contributed by atoms with Crippen LogP contribution in [-0.4, -0.2) is 24.2 Å². The van der Waals surface area contributed by atoms with E-state index in [1.165, 1.54) is 6.07 Å². The minimum atomic E-state index is -1.01. The number of benzene rings is 2.